The van der Waals surface area contributed by atoms with Crippen molar-refractivity contribution in [3.63, 3.8) is 0 Å². The quantitative estimate of drug-likeness (QED) is 0.0825. The fourth-order valence-electron chi connectivity index (χ4n) is 7.74. The molecule has 0 aliphatic carbocycles. The molecule has 0 aliphatic heterocycles. The van der Waals surface area contributed by atoms with Gasteiger partial charge in [-0.3, -0.25) is 0 Å². The van der Waals surface area contributed by atoms with E-state index in [-0.39, 0.29) is 0 Å². The number of hydrogen-bond acceptors (Lipinski definition) is 0. The van der Waals surface area contributed by atoms with Crippen molar-refractivity contribution in [1.29, 1.82) is 0 Å². The van der Waals surface area contributed by atoms with Crippen molar-refractivity contribution in [2.24, 2.45) is 0 Å². The lowest BCUT2D eigenvalue weighted by molar-refractivity contribution is 0.767. The van der Waals surface area contributed by atoms with Crippen LogP contribution >= 0.6 is 0 Å². The number of hydrogen-bond donors (Lipinski definition) is 0. The minimum Gasteiger partial charge on any atom is -0.0834 e. The molecule has 0 radical (unpaired) electrons. The van der Waals surface area contributed by atoms with Crippen LogP contribution in [0.3, 0.4) is 0 Å². The Morgan fingerprint density at radius 2 is 0.643 bits per heavy atom. The summed E-state index contributed by atoms with van der Waals surface area (Å²) >= 11 is 0. The standard InChI is InChI=1S/C40H68Si2/c1-7-13-31-41(32-14-8-2,33-15-9-3)39(37-25-21-19-22-26-37)29-30-40(38-27-23-20-24-28-38)42(34-16-10-4,35-17-11-5)36-18-12-6/h19-30,39-40H,7-18,31-36H2,1-6H3/b30-29+. The van der Waals surface area contributed by atoms with Crippen LogP contribution in [0.5, 0.6) is 0 Å². The molecular formula is C40H68Si2. The summed E-state index contributed by atoms with van der Waals surface area (Å²) in [6.07, 6.45) is 22.1. The van der Waals surface area contributed by atoms with E-state index in [1.165, 1.54) is 113 Å². The Morgan fingerprint density at radius 1 is 0.405 bits per heavy atom. The van der Waals surface area contributed by atoms with Gasteiger partial charge in [0.25, 0.3) is 0 Å². The van der Waals surface area contributed by atoms with E-state index in [0.29, 0.717) is 11.1 Å². The van der Waals surface area contributed by atoms with Gasteiger partial charge in [-0.1, -0.05) is 228 Å². The molecule has 42 heavy (non-hydrogen) atoms. The molecule has 2 heteroatoms. The van der Waals surface area contributed by atoms with Crippen molar-refractivity contribution in [2.75, 3.05) is 0 Å². The lowest BCUT2D eigenvalue weighted by Gasteiger charge is -2.41. The van der Waals surface area contributed by atoms with Gasteiger partial charge in [0.2, 0.25) is 0 Å². The predicted molar refractivity (Wildman–Crippen MR) is 197 cm³/mol. The minimum absolute atomic E-state index is 0.629. The van der Waals surface area contributed by atoms with Crippen LogP contribution in [0, 0.1) is 0 Å². The van der Waals surface area contributed by atoms with Crippen molar-refractivity contribution in [2.45, 2.75) is 166 Å². The molecule has 2 atom stereocenters. The van der Waals surface area contributed by atoms with E-state index >= 15 is 0 Å². The smallest absolute Gasteiger partial charge is 0.0657 e. The summed E-state index contributed by atoms with van der Waals surface area (Å²) < 4.78 is 0. The summed E-state index contributed by atoms with van der Waals surface area (Å²) in [5.41, 5.74) is 4.48. The fraction of sp³-hybridized carbons (Fsp3) is 0.650. The fourth-order valence-corrected chi connectivity index (χ4v) is 20.3. The molecule has 0 saturated carbocycles. The van der Waals surface area contributed by atoms with Gasteiger partial charge in [-0.15, -0.1) is 0 Å². The third kappa shape index (κ3) is 11.3. The number of allylic oxidation sites excluding steroid dienone is 2. The topological polar surface area (TPSA) is 0 Å². The molecule has 0 nitrogen and oxygen atoms in total. The van der Waals surface area contributed by atoms with Crippen LogP contribution in [0.15, 0.2) is 72.8 Å². The van der Waals surface area contributed by atoms with Crippen molar-refractivity contribution < 1.29 is 0 Å². The molecule has 0 N–H and O–H groups in total. The molecule has 236 valence electrons. The van der Waals surface area contributed by atoms with E-state index in [9.17, 15) is 0 Å². The monoisotopic (exact) mass is 604 g/mol. The highest BCUT2D eigenvalue weighted by atomic mass is 28.3. The third-order valence-electron chi connectivity index (χ3n) is 10.3. The molecule has 0 saturated heterocycles. The first kappa shape index (κ1) is 36.8. The van der Waals surface area contributed by atoms with E-state index in [2.05, 4.69) is 114 Å². The summed E-state index contributed by atoms with van der Waals surface area (Å²) in [6, 6.07) is 32.6. The molecule has 0 aliphatic rings. The van der Waals surface area contributed by atoms with Gasteiger partial charge in [0.05, 0.1) is 16.1 Å². The molecule has 0 spiro atoms. The number of unbranched alkanes of at least 4 members (excludes halogenated alkanes) is 6. The number of rotatable bonds is 24. The largest absolute Gasteiger partial charge is 0.0834 e. The van der Waals surface area contributed by atoms with Crippen LogP contribution in [-0.4, -0.2) is 16.1 Å². The van der Waals surface area contributed by atoms with Crippen molar-refractivity contribution in [3.8, 4) is 0 Å². The third-order valence-corrected chi connectivity index (χ3v) is 22.1. The number of benzene rings is 2. The molecule has 0 aromatic heterocycles. The Kier molecular flexibility index (Phi) is 18.7. The first-order valence-electron chi connectivity index (χ1n) is 18.3. The van der Waals surface area contributed by atoms with E-state index < -0.39 is 16.1 Å². The molecule has 2 aromatic carbocycles. The second kappa shape index (κ2) is 21.3. The zero-order chi connectivity index (χ0) is 30.5. The Morgan fingerprint density at radius 3 is 0.857 bits per heavy atom. The predicted octanol–water partition coefficient (Wildman–Crippen LogP) is 13.9. The van der Waals surface area contributed by atoms with Crippen LogP contribution in [0.25, 0.3) is 0 Å². The van der Waals surface area contributed by atoms with Gasteiger partial charge in [0.1, 0.15) is 0 Å². The molecular weight excluding hydrogens is 537 g/mol. The first-order chi connectivity index (χ1) is 20.6. The minimum atomic E-state index is -1.60. The summed E-state index contributed by atoms with van der Waals surface area (Å²) in [4.78, 5) is 0. The molecule has 0 fully saturated rings. The van der Waals surface area contributed by atoms with Gasteiger partial charge >= 0.3 is 0 Å². The maximum absolute atomic E-state index is 2.85. The van der Waals surface area contributed by atoms with Gasteiger partial charge in [0, 0.05) is 0 Å². The Balaban J connectivity index is 2.78. The van der Waals surface area contributed by atoms with E-state index in [4.69, 9.17) is 0 Å². The van der Waals surface area contributed by atoms with Gasteiger partial charge in [-0.25, -0.2) is 0 Å². The van der Waals surface area contributed by atoms with Crippen LogP contribution in [0.4, 0.5) is 0 Å². The Labute approximate surface area is 265 Å². The average Bonchev–Trinajstić information content (AvgIpc) is 3.04. The SMILES string of the molecule is CCCC[Si](CCCC)(CCCC)C(/C=C/C(c1ccccc1)[Si](CCCC)(CCCC)CCCC)c1ccccc1. The van der Waals surface area contributed by atoms with Gasteiger partial charge in [0.15, 0.2) is 0 Å². The van der Waals surface area contributed by atoms with Crippen LogP contribution in [0.1, 0.15) is 141 Å². The average molecular weight is 605 g/mol. The van der Waals surface area contributed by atoms with Crippen LogP contribution < -0.4 is 0 Å². The normalized spacial score (nSPS) is 14.0. The van der Waals surface area contributed by atoms with Crippen molar-refractivity contribution >= 4 is 16.1 Å². The highest BCUT2D eigenvalue weighted by Crippen LogP contribution is 2.45. The maximum atomic E-state index is 2.85. The maximum Gasteiger partial charge on any atom is 0.0657 e. The van der Waals surface area contributed by atoms with Crippen LogP contribution in [-0.2, 0) is 0 Å². The molecule has 2 unspecified atom stereocenters. The lowest BCUT2D eigenvalue weighted by Crippen LogP contribution is -2.43. The Hall–Kier alpha value is -1.39. The second-order valence-corrected chi connectivity index (χ2v) is 23.2. The summed E-state index contributed by atoms with van der Waals surface area (Å²) in [5, 5.41) is 0. The second-order valence-electron chi connectivity index (χ2n) is 13.5. The van der Waals surface area contributed by atoms with Gasteiger partial charge in [-0.05, 0) is 22.2 Å². The van der Waals surface area contributed by atoms with Crippen molar-refractivity contribution in [3.05, 3.63) is 83.9 Å². The summed E-state index contributed by atoms with van der Waals surface area (Å²) in [6.45, 7) is 14.5. The van der Waals surface area contributed by atoms with E-state index in [0.717, 1.165) is 0 Å². The molecule has 2 aromatic rings. The Bertz CT molecular complexity index is 814. The van der Waals surface area contributed by atoms with Gasteiger partial charge in [-0.2, -0.15) is 0 Å². The zero-order valence-electron chi connectivity index (χ0n) is 28.8. The molecule has 2 rings (SSSR count). The van der Waals surface area contributed by atoms with E-state index in [1.54, 1.807) is 11.1 Å². The molecule has 0 bridgehead atoms. The van der Waals surface area contributed by atoms with Crippen LogP contribution in [0.2, 0.25) is 36.3 Å². The molecule has 0 amide bonds. The highest BCUT2D eigenvalue weighted by molar-refractivity contribution is 6.82. The molecule has 0 heterocycles. The highest BCUT2D eigenvalue weighted by Gasteiger charge is 2.41. The van der Waals surface area contributed by atoms with Crippen molar-refractivity contribution in [1.82, 2.24) is 0 Å². The summed E-state index contributed by atoms with van der Waals surface area (Å²) in [7, 11) is -3.21. The van der Waals surface area contributed by atoms with E-state index in [1.807, 2.05) is 0 Å². The first-order valence-corrected chi connectivity index (χ1v) is 23.7. The summed E-state index contributed by atoms with van der Waals surface area (Å²) in [5.74, 6) is 0. The zero-order valence-corrected chi connectivity index (χ0v) is 30.8. The van der Waals surface area contributed by atoms with Gasteiger partial charge < -0.3 is 0 Å². The lowest BCUT2D eigenvalue weighted by atomic mass is 10.1.